The Bertz CT molecular complexity index is 1690. The fourth-order valence-electron chi connectivity index (χ4n) is 4.70. The number of hydrogen-bond acceptors (Lipinski definition) is 5. The number of nitrogens with one attached hydrogen (secondary N) is 1. The predicted octanol–water partition coefficient (Wildman–Crippen LogP) is 4.84. The summed E-state index contributed by atoms with van der Waals surface area (Å²) < 4.78 is 35.5. The van der Waals surface area contributed by atoms with Crippen LogP contribution in [0.15, 0.2) is 66.7 Å². The van der Waals surface area contributed by atoms with Crippen molar-refractivity contribution in [2.45, 2.75) is 39.3 Å². The van der Waals surface area contributed by atoms with Gasteiger partial charge in [-0.2, -0.15) is 0 Å². The molecule has 0 saturated carbocycles. The molecular weight excluding hydrogens is 568 g/mol. The van der Waals surface area contributed by atoms with Crippen molar-refractivity contribution in [1.82, 2.24) is 9.13 Å². The maximum absolute atomic E-state index is 13.7. The van der Waals surface area contributed by atoms with Crippen molar-refractivity contribution >= 4 is 49.5 Å². The molecule has 38 heavy (non-hydrogen) atoms. The number of carbonyl (C=O) groups is 1. The van der Waals surface area contributed by atoms with Crippen molar-refractivity contribution in [2.24, 2.45) is 0 Å². The van der Waals surface area contributed by atoms with Crippen LogP contribution in [0.2, 0.25) is 0 Å². The Morgan fingerprint density at radius 2 is 1.58 bits per heavy atom. The van der Waals surface area contributed by atoms with Crippen LogP contribution < -0.4 is 14.7 Å². The number of imidazole rings is 1. The van der Waals surface area contributed by atoms with E-state index in [-0.39, 0.29) is 40.3 Å². The lowest BCUT2D eigenvalue weighted by Gasteiger charge is -2.32. The number of ether oxygens (including phenoxy) is 1. The molecule has 0 bridgehead atoms. The van der Waals surface area contributed by atoms with Gasteiger partial charge in [-0.1, -0.05) is 63.2 Å². The lowest BCUT2D eigenvalue weighted by Crippen LogP contribution is -2.36. The summed E-state index contributed by atoms with van der Waals surface area (Å²) in [7, 11) is -2.16. The average Bonchev–Trinajstić information content (AvgIpc) is 3.12. The number of halogens is 1. The van der Waals surface area contributed by atoms with E-state index < -0.39 is 16.0 Å². The van der Waals surface area contributed by atoms with Crippen molar-refractivity contribution in [3.63, 3.8) is 0 Å². The van der Waals surface area contributed by atoms with Crippen molar-refractivity contribution in [3.8, 4) is 5.75 Å². The number of anilines is 1. The first kappa shape index (κ1) is 27.7. The van der Waals surface area contributed by atoms with Gasteiger partial charge >= 0.3 is 0 Å². The molecule has 0 saturated heterocycles. The van der Waals surface area contributed by atoms with E-state index in [4.69, 9.17) is 10.1 Å². The SMILES string of the molecule is Br.CN1c2cc(C(=O)Cn3c(=N)n(Cc4ccccc4)c4ccccc43)cc(C(C)(C)C)c2OCS1(=O)=O. The smallest absolute Gasteiger partial charge is 0.270 e. The van der Waals surface area contributed by atoms with E-state index in [1.54, 1.807) is 16.7 Å². The summed E-state index contributed by atoms with van der Waals surface area (Å²) in [6.07, 6.45) is 0. The largest absolute Gasteiger partial charge is 0.473 e. The summed E-state index contributed by atoms with van der Waals surface area (Å²) >= 11 is 0. The van der Waals surface area contributed by atoms with Gasteiger partial charge in [0.1, 0.15) is 5.75 Å². The number of sulfonamides is 1. The van der Waals surface area contributed by atoms with E-state index in [0.29, 0.717) is 23.5 Å². The number of benzene rings is 3. The zero-order valence-corrected chi connectivity index (χ0v) is 24.3. The summed E-state index contributed by atoms with van der Waals surface area (Å²) in [5.74, 6) is -0.174. The molecular formula is C28H31BrN4O4S. The van der Waals surface area contributed by atoms with E-state index in [1.807, 2.05) is 79.9 Å². The number of ketones is 1. The second kappa shape index (κ2) is 10.1. The van der Waals surface area contributed by atoms with Crippen LogP contribution in [0, 0.1) is 5.41 Å². The molecule has 10 heteroatoms. The minimum absolute atomic E-state index is 0. The summed E-state index contributed by atoms with van der Waals surface area (Å²) in [6, 6.07) is 20.9. The number of aromatic nitrogens is 2. The molecule has 1 aromatic heterocycles. The molecule has 0 atom stereocenters. The average molecular weight is 600 g/mol. The van der Waals surface area contributed by atoms with Crippen LogP contribution in [0.1, 0.15) is 42.3 Å². The number of rotatable bonds is 5. The highest BCUT2D eigenvalue weighted by atomic mass is 79.9. The van der Waals surface area contributed by atoms with Gasteiger partial charge in [-0.3, -0.25) is 14.5 Å². The van der Waals surface area contributed by atoms with Gasteiger partial charge < -0.3 is 13.9 Å². The lowest BCUT2D eigenvalue weighted by molar-refractivity contribution is 0.0971. The maximum Gasteiger partial charge on any atom is 0.270 e. The van der Waals surface area contributed by atoms with Crippen LogP contribution in [0.4, 0.5) is 5.69 Å². The van der Waals surface area contributed by atoms with Crippen LogP contribution in [-0.2, 0) is 28.5 Å². The van der Waals surface area contributed by atoms with Crippen molar-refractivity contribution in [3.05, 3.63) is 89.0 Å². The standard InChI is InChI=1S/C28H30N4O4S.BrH/c1-28(2,3)21-14-20(15-24-26(21)36-18-37(34,35)30(24)4)25(33)17-32-23-13-9-8-12-22(23)31(27(32)29)16-19-10-6-5-7-11-19;/h5-15,29H,16-18H2,1-4H3;1H. The fourth-order valence-corrected chi connectivity index (χ4v) is 5.56. The summed E-state index contributed by atoms with van der Waals surface area (Å²) in [5, 5.41) is 8.92. The zero-order chi connectivity index (χ0) is 26.5. The second-order valence-electron chi connectivity index (χ2n) is 10.4. The minimum Gasteiger partial charge on any atom is -0.473 e. The molecule has 0 spiro atoms. The van der Waals surface area contributed by atoms with Gasteiger partial charge in [0.05, 0.1) is 29.8 Å². The normalized spacial score (nSPS) is 14.5. The third-order valence-corrected chi connectivity index (χ3v) is 8.21. The van der Waals surface area contributed by atoms with E-state index in [2.05, 4.69) is 0 Å². The van der Waals surface area contributed by atoms with Gasteiger partial charge in [-0.25, -0.2) is 8.42 Å². The number of hydrogen-bond donors (Lipinski definition) is 1. The van der Waals surface area contributed by atoms with Crippen LogP contribution in [-0.4, -0.2) is 36.3 Å². The number of fused-ring (bicyclic) bond motifs is 2. The monoisotopic (exact) mass is 598 g/mol. The molecule has 0 amide bonds. The minimum atomic E-state index is -3.64. The Morgan fingerprint density at radius 3 is 2.21 bits per heavy atom. The third kappa shape index (κ3) is 4.90. The predicted molar refractivity (Wildman–Crippen MR) is 154 cm³/mol. The van der Waals surface area contributed by atoms with E-state index >= 15 is 0 Å². The van der Waals surface area contributed by atoms with Crippen LogP contribution >= 0.6 is 17.0 Å². The van der Waals surface area contributed by atoms with Crippen LogP contribution in [0.5, 0.6) is 5.75 Å². The second-order valence-corrected chi connectivity index (χ2v) is 12.3. The molecule has 0 fully saturated rings. The Kier molecular flexibility index (Phi) is 7.33. The first-order chi connectivity index (χ1) is 17.5. The third-order valence-electron chi connectivity index (χ3n) is 6.77. The summed E-state index contributed by atoms with van der Waals surface area (Å²) in [4.78, 5) is 13.7. The quantitative estimate of drug-likeness (QED) is 0.332. The first-order valence-corrected chi connectivity index (χ1v) is 13.7. The fraction of sp³-hybridized carbons (Fsp3) is 0.286. The highest BCUT2D eigenvalue weighted by Gasteiger charge is 2.34. The molecule has 4 aromatic rings. The molecule has 1 aliphatic heterocycles. The first-order valence-electron chi connectivity index (χ1n) is 12.0. The molecule has 0 aliphatic carbocycles. The highest BCUT2D eigenvalue weighted by Crippen LogP contribution is 2.43. The Hall–Kier alpha value is -3.37. The van der Waals surface area contributed by atoms with Crippen molar-refractivity contribution in [1.29, 1.82) is 5.41 Å². The highest BCUT2D eigenvalue weighted by molar-refractivity contribution is 8.93. The Morgan fingerprint density at radius 1 is 0.974 bits per heavy atom. The van der Waals surface area contributed by atoms with Gasteiger partial charge in [0.2, 0.25) is 11.6 Å². The molecule has 5 rings (SSSR count). The molecule has 1 N–H and O–H groups in total. The number of para-hydroxylation sites is 2. The molecule has 8 nitrogen and oxygen atoms in total. The number of Topliss-reactive ketones (excluding diaryl/α,β-unsaturated/α-hetero) is 1. The molecule has 0 radical (unpaired) electrons. The van der Waals surface area contributed by atoms with Gasteiger partial charge in [-0.05, 0) is 35.2 Å². The van der Waals surface area contributed by atoms with E-state index in [1.165, 1.54) is 11.4 Å². The molecule has 200 valence electrons. The van der Waals surface area contributed by atoms with E-state index in [0.717, 1.165) is 22.2 Å². The van der Waals surface area contributed by atoms with Crippen molar-refractivity contribution < 1.29 is 17.9 Å². The maximum atomic E-state index is 13.7. The zero-order valence-electron chi connectivity index (χ0n) is 21.8. The van der Waals surface area contributed by atoms with Gasteiger partial charge in [0, 0.05) is 18.2 Å². The van der Waals surface area contributed by atoms with Crippen molar-refractivity contribution in [2.75, 3.05) is 17.3 Å². The number of nitrogens with zero attached hydrogens (tertiary/aromatic N) is 3. The topological polar surface area (TPSA) is 97.4 Å². The summed E-state index contributed by atoms with van der Waals surface area (Å²) in [6.45, 7) is 6.45. The van der Waals surface area contributed by atoms with Crippen LogP contribution in [0.25, 0.3) is 11.0 Å². The Balaban J connectivity index is 0.00000336. The molecule has 2 heterocycles. The number of carbonyl (C=O) groups excluding carboxylic acids is 1. The van der Waals surface area contributed by atoms with Gasteiger partial charge in [0.15, 0.2) is 5.78 Å². The molecule has 0 unspecified atom stereocenters. The summed E-state index contributed by atoms with van der Waals surface area (Å²) in [5.41, 5.74) is 4.03. The van der Waals surface area contributed by atoms with E-state index in [9.17, 15) is 13.2 Å². The van der Waals surface area contributed by atoms with Gasteiger partial charge in [0.25, 0.3) is 10.0 Å². The molecule has 3 aromatic carbocycles. The van der Waals surface area contributed by atoms with Crippen LogP contribution in [0.3, 0.4) is 0 Å². The van der Waals surface area contributed by atoms with Gasteiger partial charge in [-0.15, -0.1) is 17.0 Å². The lowest BCUT2D eigenvalue weighted by atomic mass is 9.84. The molecule has 1 aliphatic rings. The Labute approximate surface area is 232 Å².